The van der Waals surface area contributed by atoms with Crippen LogP contribution in [0.1, 0.15) is 61.8 Å². The molecule has 1 atom stereocenters. The minimum atomic E-state index is 0.722. The van der Waals surface area contributed by atoms with Crippen LogP contribution < -0.4 is 0 Å². The number of rotatable bonds is 3. The van der Waals surface area contributed by atoms with E-state index < -0.39 is 0 Å². The lowest BCUT2D eigenvalue weighted by Gasteiger charge is -2.09. The van der Waals surface area contributed by atoms with Gasteiger partial charge in [-0.15, -0.1) is 0 Å². The molecule has 0 aliphatic rings. The first-order valence-electron chi connectivity index (χ1n) is 5.81. The van der Waals surface area contributed by atoms with Crippen LogP contribution in [0.5, 0.6) is 0 Å². The lowest BCUT2D eigenvalue weighted by Crippen LogP contribution is -1.93. The maximum absolute atomic E-state index is 2.31. The van der Waals surface area contributed by atoms with E-state index in [4.69, 9.17) is 0 Å². The Kier molecular flexibility index (Phi) is 10.3. The van der Waals surface area contributed by atoms with Crippen LogP contribution in [0, 0.1) is 5.92 Å². The van der Waals surface area contributed by atoms with E-state index >= 15 is 0 Å². The normalized spacial score (nSPS) is 12.7. The maximum Gasteiger partial charge on any atom is -0.0234 e. The zero-order chi connectivity index (χ0) is 11.7. The van der Waals surface area contributed by atoms with Crippen molar-refractivity contribution < 1.29 is 0 Å². The summed E-state index contributed by atoms with van der Waals surface area (Å²) in [6.07, 6.45) is 3.54. The topological polar surface area (TPSA) is 0 Å². The molecule has 1 unspecified atom stereocenters. The fourth-order valence-corrected chi connectivity index (χ4v) is 0.950. The molecular formula is C14H28. The molecule has 0 nitrogen and oxygen atoms in total. The fourth-order valence-electron chi connectivity index (χ4n) is 0.950. The third-order valence-electron chi connectivity index (χ3n) is 2.62. The molecule has 0 heterocycles. The van der Waals surface area contributed by atoms with Gasteiger partial charge in [-0.1, -0.05) is 50.5 Å². The molecule has 84 valence electrons. The van der Waals surface area contributed by atoms with Gasteiger partial charge in [-0.2, -0.15) is 0 Å². The van der Waals surface area contributed by atoms with Crippen LogP contribution in [0.25, 0.3) is 0 Å². The predicted octanol–water partition coefficient (Wildman–Crippen LogP) is 5.36. The van der Waals surface area contributed by atoms with Gasteiger partial charge in [0.25, 0.3) is 0 Å². The van der Waals surface area contributed by atoms with Gasteiger partial charge in [0, 0.05) is 0 Å². The van der Waals surface area contributed by atoms with Crippen LogP contribution in [0.2, 0.25) is 0 Å². The predicted molar refractivity (Wildman–Crippen MR) is 68.6 cm³/mol. The molecule has 0 aliphatic heterocycles. The van der Waals surface area contributed by atoms with Crippen LogP contribution in [-0.2, 0) is 0 Å². The van der Waals surface area contributed by atoms with E-state index in [9.17, 15) is 0 Å². The molecule has 0 aromatic rings. The van der Waals surface area contributed by atoms with Crippen molar-refractivity contribution in [1.29, 1.82) is 0 Å². The number of hydrogen-bond donors (Lipinski definition) is 0. The van der Waals surface area contributed by atoms with E-state index in [0.717, 1.165) is 5.92 Å². The SMILES string of the molecule is CC.CCC(C)/C(C)=C/C(C)=C(C)C. The summed E-state index contributed by atoms with van der Waals surface area (Å²) in [5.74, 6) is 0.722. The van der Waals surface area contributed by atoms with E-state index in [1.165, 1.54) is 23.1 Å². The first kappa shape index (κ1) is 15.9. The second kappa shape index (κ2) is 9.05. The second-order valence-corrected chi connectivity index (χ2v) is 3.88. The summed E-state index contributed by atoms with van der Waals surface area (Å²) in [5.41, 5.74) is 4.32. The zero-order valence-electron chi connectivity index (χ0n) is 11.4. The lowest BCUT2D eigenvalue weighted by molar-refractivity contribution is 0.655. The molecule has 0 saturated carbocycles. The van der Waals surface area contributed by atoms with E-state index in [1.807, 2.05) is 13.8 Å². The Morgan fingerprint density at radius 3 is 1.79 bits per heavy atom. The van der Waals surface area contributed by atoms with Crippen LogP contribution in [-0.4, -0.2) is 0 Å². The summed E-state index contributed by atoms with van der Waals surface area (Å²) < 4.78 is 0. The molecule has 0 N–H and O–H groups in total. The Balaban J connectivity index is 0. The first-order chi connectivity index (χ1) is 6.49. The van der Waals surface area contributed by atoms with Crippen molar-refractivity contribution in [2.45, 2.75) is 61.8 Å². The van der Waals surface area contributed by atoms with Crippen molar-refractivity contribution in [3.8, 4) is 0 Å². The Bertz CT molecular complexity index is 190. The van der Waals surface area contributed by atoms with Crippen molar-refractivity contribution in [2.24, 2.45) is 5.92 Å². The van der Waals surface area contributed by atoms with Gasteiger partial charge < -0.3 is 0 Å². The molecule has 14 heavy (non-hydrogen) atoms. The van der Waals surface area contributed by atoms with Gasteiger partial charge in [0.15, 0.2) is 0 Å². The molecular weight excluding hydrogens is 168 g/mol. The van der Waals surface area contributed by atoms with E-state index in [1.54, 1.807) is 0 Å². The minimum Gasteiger partial charge on any atom is -0.0735 e. The van der Waals surface area contributed by atoms with Crippen molar-refractivity contribution in [3.05, 3.63) is 22.8 Å². The molecule has 0 heteroatoms. The summed E-state index contributed by atoms with van der Waals surface area (Å²) in [5, 5.41) is 0. The highest BCUT2D eigenvalue weighted by molar-refractivity contribution is 5.25. The van der Waals surface area contributed by atoms with Gasteiger partial charge in [0.1, 0.15) is 0 Å². The van der Waals surface area contributed by atoms with Gasteiger partial charge in [-0.25, -0.2) is 0 Å². The molecule has 0 spiro atoms. The molecule has 0 radical (unpaired) electrons. The lowest BCUT2D eigenvalue weighted by atomic mass is 9.97. The van der Waals surface area contributed by atoms with Crippen molar-refractivity contribution in [1.82, 2.24) is 0 Å². The smallest absolute Gasteiger partial charge is 0.0234 e. The van der Waals surface area contributed by atoms with Crippen LogP contribution in [0.4, 0.5) is 0 Å². The average Bonchev–Trinajstić information content (AvgIpc) is 2.19. The van der Waals surface area contributed by atoms with Crippen molar-refractivity contribution >= 4 is 0 Å². The Morgan fingerprint density at radius 1 is 1.07 bits per heavy atom. The maximum atomic E-state index is 2.31. The molecule has 0 rings (SSSR count). The van der Waals surface area contributed by atoms with Crippen molar-refractivity contribution in [3.63, 3.8) is 0 Å². The van der Waals surface area contributed by atoms with E-state index in [0.29, 0.717) is 0 Å². The quantitative estimate of drug-likeness (QED) is 0.533. The first-order valence-corrected chi connectivity index (χ1v) is 5.81. The van der Waals surface area contributed by atoms with Crippen LogP contribution in [0.15, 0.2) is 22.8 Å². The molecule has 0 amide bonds. The van der Waals surface area contributed by atoms with Gasteiger partial charge in [-0.05, 0) is 40.0 Å². The Hall–Kier alpha value is -0.520. The second-order valence-electron chi connectivity index (χ2n) is 3.88. The summed E-state index contributed by atoms with van der Waals surface area (Å²) in [7, 11) is 0. The molecule has 0 aliphatic carbocycles. The summed E-state index contributed by atoms with van der Waals surface area (Å²) in [4.78, 5) is 0. The third kappa shape index (κ3) is 6.94. The summed E-state index contributed by atoms with van der Waals surface area (Å²) >= 11 is 0. The van der Waals surface area contributed by atoms with Gasteiger partial charge in [-0.3, -0.25) is 0 Å². The van der Waals surface area contributed by atoms with Crippen LogP contribution >= 0.6 is 0 Å². The van der Waals surface area contributed by atoms with Gasteiger partial charge in [0.2, 0.25) is 0 Å². The highest BCUT2D eigenvalue weighted by atomic mass is 14.1. The zero-order valence-corrected chi connectivity index (χ0v) is 11.4. The minimum absolute atomic E-state index is 0.722. The summed E-state index contributed by atoms with van der Waals surface area (Å²) in [6.45, 7) is 17.2. The van der Waals surface area contributed by atoms with E-state index in [-0.39, 0.29) is 0 Å². The fraction of sp³-hybridized carbons (Fsp3) is 0.714. The molecule has 0 saturated heterocycles. The largest absolute Gasteiger partial charge is 0.0735 e. The standard InChI is InChI=1S/C12H22.C2H6/c1-7-10(4)12(6)8-11(5)9(2)3;1-2/h8,10H,7H2,1-6H3;1-2H3/b12-8+;. The molecule has 0 aromatic carbocycles. The van der Waals surface area contributed by atoms with Crippen molar-refractivity contribution in [2.75, 3.05) is 0 Å². The number of allylic oxidation sites excluding steroid dienone is 4. The molecule has 0 fully saturated rings. The Labute approximate surface area is 91.1 Å². The molecule has 0 aromatic heterocycles. The highest BCUT2D eigenvalue weighted by Crippen LogP contribution is 2.16. The average molecular weight is 196 g/mol. The van der Waals surface area contributed by atoms with E-state index in [2.05, 4.69) is 47.6 Å². The number of hydrogen-bond acceptors (Lipinski definition) is 0. The Morgan fingerprint density at radius 2 is 1.50 bits per heavy atom. The highest BCUT2D eigenvalue weighted by Gasteiger charge is 2.00. The molecule has 0 bridgehead atoms. The van der Waals surface area contributed by atoms with Crippen LogP contribution in [0.3, 0.4) is 0 Å². The monoisotopic (exact) mass is 196 g/mol. The van der Waals surface area contributed by atoms with Gasteiger partial charge in [0.05, 0.1) is 0 Å². The summed E-state index contributed by atoms with van der Waals surface area (Å²) in [6, 6.07) is 0. The van der Waals surface area contributed by atoms with Gasteiger partial charge >= 0.3 is 0 Å². The third-order valence-corrected chi connectivity index (χ3v) is 2.62.